The highest BCUT2D eigenvalue weighted by atomic mass is 32.1. The molecule has 0 fully saturated rings. The lowest BCUT2D eigenvalue weighted by molar-refractivity contribution is -0.139. The smallest absolute Gasteiger partial charge is 0.417 e. The largest absolute Gasteiger partial charge is 0.468 e. The van der Waals surface area contributed by atoms with Crippen molar-refractivity contribution in [2.45, 2.75) is 13.1 Å². The van der Waals surface area contributed by atoms with Gasteiger partial charge in [-0.05, 0) is 25.1 Å². The summed E-state index contributed by atoms with van der Waals surface area (Å²) in [5.41, 5.74) is 4.62. The number of carbonyl (C=O) groups excluding carboxylic acids is 1. The van der Waals surface area contributed by atoms with E-state index in [-0.39, 0.29) is 17.1 Å². The minimum atomic E-state index is -4.54. The monoisotopic (exact) mass is 320 g/mol. The molecule has 0 heterocycles. The van der Waals surface area contributed by atoms with E-state index in [4.69, 9.17) is 5.73 Å². The predicted molar refractivity (Wildman–Crippen MR) is 77.2 cm³/mol. The maximum Gasteiger partial charge on any atom is 0.417 e. The third-order valence-electron chi connectivity index (χ3n) is 2.87. The molecule has 0 aliphatic carbocycles. The summed E-state index contributed by atoms with van der Waals surface area (Å²) in [6.45, 7) is 2.10. The van der Waals surface area contributed by atoms with Gasteiger partial charge < -0.3 is 15.4 Å². The van der Waals surface area contributed by atoms with E-state index >= 15 is 0 Å². The number of nitrogens with two attached hydrogens (primary N) is 1. The van der Waals surface area contributed by atoms with Crippen molar-refractivity contribution in [2.24, 2.45) is 5.73 Å². The topological polar surface area (TPSA) is 55.6 Å². The van der Waals surface area contributed by atoms with Gasteiger partial charge in [-0.1, -0.05) is 12.2 Å². The zero-order chi connectivity index (χ0) is 16.2. The van der Waals surface area contributed by atoms with Crippen LogP contribution in [0.5, 0.6) is 0 Å². The van der Waals surface area contributed by atoms with Crippen LogP contribution in [0.2, 0.25) is 0 Å². The molecular formula is C13H15F3N2O2S. The Balaban J connectivity index is 3.24. The highest BCUT2D eigenvalue weighted by Crippen LogP contribution is 2.34. The Morgan fingerprint density at radius 1 is 1.43 bits per heavy atom. The summed E-state index contributed by atoms with van der Waals surface area (Å²) in [5.74, 6) is -0.492. The number of likely N-dealkylation sites (N-methyl/N-ethyl adjacent to an activating group) is 1. The van der Waals surface area contributed by atoms with Gasteiger partial charge in [0.25, 0.3) is 0 Å². The summed E-state index contributed by atoms with van der Waals surface area (Å²) in [7, 11) is 1.24. The second kappa shape index (κ2) is 6.75. The SMILES string of the molecule is CCN(CC(=O)OC)c1ccc(C(F)(F)F)c(C(N)=S)c1. The number of thiocarbonyl (C=S) groups is 1. The van der Waals surface area contributed by atoms with Crippen LogP contribution in [-0.4, -0.2) is 31.2 Å². The fourth-order valence-corrected chi connectivity index (χ4v) is 1.95. The highest BCUT2D eigenvalue weighted by Gasteiger charge is 2.34. The molecule has 2 N–H and O–H groups in total. The molecule has 0 radical (unpaired) electrons. The number of hydrogen-bond acceptors (Lipinski definition) is 4. The molecule has 4 nitrogen and oxygen atoms in total. The first-order chi connectivity index (χ1) is 9.70. The molecule has 8 heteroatoms. The van der Waals surface area contributed by atoms with Crippen molar-refractivity contribution < 1.29 is 22.7 Å². The molecule has 0 aliphatic heterocycles. The summed E-state index contributed by atoms with van der Waals surface area (Å²) in [6.07, 6.45) is -4.54. The van der Waals surface area contributed by atoms with Crippen molar-refractivity contribution in [3.05, 3.63) is 29.3 Å². The average molecular weight is 320 g/mol. The van der Waals surface area contributed by atoms with Crippen molar-refractivity contribution in [1.29, 1.82) is 0 Å². The van der Waals surface area contributed by atoms with Gasteiger partial charge in [-0.15, -0.1) is 0 Å². The number of halogens is 3. The first kappa shape index (κ1) is 17.2. The van der Waals surface area contributed by atoms with Gasteiger partial charge in [0, 0.05) is 17.8 Å². The number of benzene rings is 1. The molecule has 0 atom stereocenters. The van der Waals surface area contributed by atoms with Crippen molar-refractivity contribution >= 4 is 28.9 Å². The lowest BCUT2D eigenvalue weighted by atomic mass is 10.1. The standard InChI is InChI=1S/C13H15F3N2O2S/c1-3-18(7-11(19)20-2)8-4-5-10(13(14,15)16)9(6-8)12(17)21/h4-6H,3,7H2,1-2H3,(H2,17,21). The summed E-state index contributed by atoms with van der Waals surface area (Å²) < 4.78 is 43.2. The first-order valence-corrected chi connectivity index (χ1v) is 6.44. The van der Waals surface area contributed by atoms with E-state index in [1.54, 1.807) is 11.8 Å². The van der Waals surface area contributed by atoms with E-state index in [9.17, 15) is 18.0 Å². The van der Waals surface area contributed by atoms with Crippen molar-refractivity contribution in [2.75, 3.05) is 25.1 Å². The third kappa shape index (κ3) is 4.32. The molecule has 1 rings (SSSR count). The van der Waals surface area contributed by atoms with Gasteiger partial charge in [0.05, 0.1) is 12.7 Å². The number of ether oxygens (including phenoxy) is 1. The lowest BCUT2D eigenvalue weighted by Gasteiger charge is -2.23. The van der Waals surface area contributed by atoms with Gasteiger partial charge in [-0.2, -0.15) is 13.2 Å². The Morgan fingerprint density at radius 2 is 2.05 bits per heavy atom. The fourth-order valence-electron chi connectivity index (χ4n) is 1.79. The Labute approximate surface area is 125 Å². The van der Waals surface area contributed by atoms with Crippen LogP contribution in [0, 0.1) is 0 Å². The molecule has 0 bridgehead atoms. The van der Waals surface area contributed by atoms with E-state index in [1.165, 1.54) is 19.2 Å². The Bertz CT molecular complexity index is 547. The number of anilines is 1. The van der Waals surface area contributed by atoms with Crippen LogP contribution in [0.15, 0.2) is 18.2 Å². The van der Waals surface area contributed by atoms with Crippen molar-refractivity contribution in [1.82, 2.24) is 0 Å². The van der Waals surface area contributed by atoms with Gasteiger partial charge in [-0.3, -0.25) is 4.79 Å². The second-order valence-electron chi connectivity index (χ2n) is 4.18. The fraction of sp³-hybridized carbons (Fsp3) is 0.385. The number of rotatable bonds is 5. The molecule has 1 aromatic carbocycles. The zero-order valence-corrected chi connectivity index (χ0v) is 12.3. The van der Waals surface area contributed by atoms with Crippen LogP contribution in [0.25, 0.3) is 0 Å². The van der Waals surface area contributed by atoms with Gasteiger partial charge >= 0.3 is 12.1 Å². The number of esters is 1. The van der Waals surface area contributed by atoms with E-state index in [2.05, 4.69) is 17.0 Å². The third-order valence-corrected chi connectivity index (χ3v) is 3.09. The molecule has 0 aliphatic rings. The molecule has 0 spiro atoms. The second-order valence-corrected chi connectivity index (χ2v) is 4.62. The minimum absolute atomic E-state index is 0.0743. The Kier molecular flexibility index (Phi) is 5.54. The van der Waals surface area contributed by atoms with Gasteiger partial charge in [0.2, 0.25) is 0 Å². The van der Waals surface area contributed by atoms with Crippen LogP contribution in [0.1, 0.15) is 18.1 Å². The minimum Gasteiger partial charge on any atom is -0.468 e. The van der Waals surface area contributed by atoms with E-state index < -0.39 is 17.7 Å². The van der Waals surface area contributed by atoms with E-state index in [0.29, 0.717) is 12.2 Å². The molecule has 0 aromatic heterocycles. The van der Waals surface area contributed by atoms with Crippen LogP contribution in [0.3, 0.4) is 0 Å². The van der Waals surface area contributed by atoms with Crippen LogP contribution in [0.4, 0.5) is 18.9 Å². The van der Waals surface area contributed by atoms with E-state index in [0.717, 1.165) is 6.07 Å². The molecule has 1 aromatic rings. The van der Waals surface area contributed by atoms with E-state index in [1.807, 2.05) is 0 Å². The van der Waals surface area contributed by atoms with Gasteiger partial charge in [-0.25, -0.2) is 0 Å². The average Bonchev–Trinajstić information content (AvgIpc) is 2.42. The first-order valence-electron chi connectivity index (χ1n) is 6.03. The maximum atomic E-state index is 12.9. The Morgan fingerprint density at radius 3 is 2.48 bits per heavy atom. The number of nitrogens with zero attached hydrogens (tertiary/aromatic N) is 1. The van der Waals surface area contributed by atoms with Gasteiger partial charge in [0.15, 0.2) is 0 Å². The van der Waals surface area contributed by atoms with Crippen LogP contribution >= 0.6 is 12.2 Å². The molecule has 116 valence electrons. The molecule has 0 saturated heterocycles. The maximum absolute atomic E-state index is 12.9. The molecule has 0 unspecified atom stereocenters. The summed E-state index contributed by atoms with van der Waals surface area (Å²) in [5, 5.41) is 0. The number of alkyl halides is 3. The highest BCUT2D eigenvalue weighted by molar-refractivity contribution is 7.80. The predicted octanol–water partition coefficient (Wildman–Crippen LogP) is 2.34. The number of carbonyl (C=O) groups is 1. The molecular weight excluding hydrogens is 305 g/mol. The van der Waals surface area contributed by atoms with Gasteiger partial charge in [0.1, 0.15) is 11.5 Å². The summed E-state index contributed by atoms with van der Waals surface area (Å²) in [6, 6.07) is 3.42. The quantitative estimate of drug-likeness (QED) is 0.667. The zero-order valence-electron chi connectivity index (χ0n) is 11.5. The Hall–Kier alpha value is -1.83. The van der Waals surface area contributed by atoms with Crippen LogP contribution < -0.4 is 10.6 Å². The van der Waals surface area contributed by atoms with Crippen LogP contribution in [-0.2, 0) is 15.7 Å². The number of methoxy groups -OCH3 is 1. The molecule has 21 heavy (non-hydrogen) atoms. The number of hydrogen-bond donors (Lipinski definition) is 1. The van der Waals surface area contributed by atoms with Crippen molar-refractivity contribution in [3.63, 3.8) is 0 Å². The summed E-state index contributed by atoms with van der Waals surface area (Å²) >= 11 is 4.68. The lowest BCUT2D eigenvalue weighted by Crippen LogP contribution is -2.30. The normalized spacial score (nSPS) is 11.1. The summed E-state index contributed by atoms with van der Waals surface area (Å²) in [4.78, 5) is 12.5. The van der Waals surface area contributed by atoms with Crippen molar-refractivity contribution in [3.8, 4) is 0 Å². The molecule has 0 saturated carbocycles. The molecule has 0 amide bonds.